The van der Waals surface area contributed by atoms with Gasteiger partial charge in [0.25, 0.3) is 0 Å². The van der Waals surface area contributed by atoms with Crippen molar-refractivity contribution < 1.29 is 9.47 Å². The quantitative estimate of drug-likeness (QED) is 0.904. The molecule has 3 N–H and O–H groups in total. The van der Waals surface area contributed by atoms with Crippen molar-refractivity contribution in [2.24, 2.45) is 0 Å². The molecule has 6 heteroatoms. The lowest BCUT2D eigenvalue weighted by atomic mass is 10.3. The number of nitrogen functional groups attached to an aromatic ring is 1. The summed E-state index contributed by atoms with van der Waals surface area (Å²) in [5, 5.41) is 3.16. The maximum Gasteiger partial charge on any atom is 0.238 e. The van der Waals surface area contributed by atoms with E-state index >= 15 is 0 Å². The molecule has 0 radical (unpaired) electrons. The Labute approximate surface area is 119 Å². The van der Waals surface area contributed by atoms with Crippen LogP contribution in [0.3, 0.4) is 0 Å². The van der Waals surface area contributed by atoms with Gasteiger partial charge in [0.15, 0.2) is 0 Å². The van der Waals surface area contributed by atoms with Crippen molar-refractivity contribution in [3.63, 3.8) is 0 Å². The number of nitrogens with one attached hydrogen (secondary N) is 1. The lowest BCUT2D eigenvalue weighted by molar-refractivity contribution is 0.401. The summed E-state index contributed by atoms with van der Waals surface area (Å²) in [6.45, 7) is 0. The highest BCUT2D eigenvalue weighted by Gasteiger charge is 2.05. The minimum atomic E-state index is 0.395. The number of hydrogen-bond donors (Lipinski definition) is 2. The van der Waals surface area contributed by atoms with E-state index in [0.29, 0.717) is 17.4 Å². The Morgan fingerprint density at radius 3 is 2.63 bits per heavy atom. The molecule has 5 nitrogen and oxygen atoms in total. The number of halogens is 1. The topological polar surface area (TPSA) is 69.4 Å². The van der Waals surface area contributed by atoms with Crippen molar-refractivity contribution in [1.29, 1.82) is 0 Å². The van der Waals surface area contributed by atoms with Gasteiger partial charge in [-0.3, -0.25) is 0 Å². The van der Waals surface area contributed by atoms with E-state index in [1.165, 1.54) is 7.11 Å². The van der Waals surface area contributed by atoms with Crippen molar-refractivity contribution in [3.8, 4) is 11.6 Å². The van der Waals surface area contributed by atoms with Crippen molar-refractivity contribution in [1.82, 2.24) is 4.98 Å². The van der Waals surface area contributed by atoms with E-state index in [2.05, 4.69) is 26.2 Å². The Kier molecular flexibility index (Phi) is 4.11. The van der Waals surface area contributed by atoms with Crippen LogP contribution in [0.1, 0.15) is 0 Å². The van der Waals surface area contributed by atoms with Crippen LogP contribution >= 0.6 is 15.9 Å². The monoisotopic (exact) mass is 323 g/mol. The van der Waals surface area contributed by atoms with Crippen LogP contribution in [0.15, 0.2) is 34.8 Å². The molecule has 0 unspecified atom stereocenters. The first kappa shape index (κ1) is 13.5. The minimum Gasteiger partial charge on any atom is -0.497 e. The van der Waals surface area contributed by atoms with Crippen LogP contribution in [-0.4, -0.2) is 19.2 Å². The number of nitrogens with two attached hydrogens (primary N) is 1. The molecule has 1 heterocycles. The second-order valence-electron chi connectivity index (χ2n) is 3.80. The second-order valence-corrected chi connectivity index (χ2v) is 4.72. The molecule has 100 valence electrons. The summed E-state index contributed by atoms with van der Waals surface area (Å²) in [5.74, 6) is 1.79. The number of rotatable bonds is 4. The smallest absolute Gasteiger partial charge is 0.238 e. The fourth-order valence-corrected chi connectivity index (χ4v) is 2.06. The number of ether oxygens (including phenoxy) is 2. The van der Waals surface area contributed by atoms with E-state index in [9.17, 15) is 0 Å². The van der Waals surface area contributed by atoms with Gasteiger partial charge in [0.1, 0.15) is 11.6 Å². The molecule has 0 aliphatic rings. The average Bonchev–Trinajstić information content (AvgIpc) is 2.40. The molecule has 0 atom stereocenters. The van der Waals surface area contributed by atoms with E-state index in [1.54, 1.807) is 19.2 Å². The molecule has 0 spiro atoms. The standard InChI is InChI=1S/C13H14BrN3O2/c1-18-10-6-8(14)5-9(7-10)16-12-4-3-11(15)13(17-12)19-2/h3-7H,15H2,1-2H3,(H,16,17). The maximum absolute atomic E-state index is 5.72. The molecule has 0 fully saturated rings. The lowest BCUT2D eigenvalue weighted by Gasteiger charge is -2.10. The zero-order valence-corrected chi connectivity index (χ0v) is 12.2. The summed E-state index contributed by atoms with van der Waals surface area (Å²) >= 11 is 3.42. The number of benzene rings is 1. The first-order valence-corrected chi connectivity index (χ1v) is 6.34. The average molecular weight is 324 g/mol. The zero-order chi connectivity index (χ0) is 13.8. The maximum atomic E-state index is 5.72. The molecule has 1 aromatic carbocycles. The van der Waals surface area contributed by atoms with Crippen LogP contribution in [0.4, 0.5) is 17.2 Å². The van der Waals surface area contributed by atoms with E-state index in [4.69, 9.17) is 15.2 Å². The van der Waals surface area contributed by atoms with Gasteiger partial charge in [-0.1, -0.05) is 15.9 Å². The van der Waals surface area contributed by atoms with Gasteiger partial charge in [0.05, 0.1) is 19.9 Å². The molecule has 0 aliphatic heterocycles. The Morgan fingerprint density at radius 1 is 1.16 bits per heavy atom. The molecule has 2 aromatic rings. The zero-order valence-electron chi connectivity index (χ0n) is 10.6. The number of nitrogens with zero attached hydrogens (tertiary/aromatic N) is 1. The number of hydrogen-bond acceptors (Lipinski definition) is 5. The fraction of sp³-hybridized carbons (Fsp3) is 0.154. The van der Waals surface area contributed by atoms with Gasteiger partial charge >= 0.3 is 0 Å². The summed E-state index contributed by atoms with van der Waals surface area (Å²) in [6.07, 6.45) is 0. The molecule has 0 saturated heterocycles. The van der Waals surface area contributed by atoms with Gasteiger partial charge < -0.3 is 20.5 Å². The summed E-state index contributed by atoms with van der Waals surface area (Å²) in [7, 11) is 3.15. The fourth-order valence-electron chi connectivity index (χ4n) is 1.58. The largest absolute Gasteiger partial charge is 0.497 e. The molecule has 0 amide bonds. The van der Waals surface area contributed by atoms with Gasteiger partial charge in [0, 0.05) is 16.2 Å². The number of aromatic nitrogens is 1. The minimum absolute atomic E-state index is 0.395. The Balaban J connectivity index is 2.28. The molecule has 19 heavy (non-hydrogen) atoms. The third kappa shape index (κ3) is 3.29. The molecule has 0 bridgehead atoms. The van der Waals surface area contributed by atoms with Crippen molar-refractivity contribution >= 4 is 33.1 Å². The van der Waals surface area contributed by atoms with Gasteiger partial charge in [-0.25, -0.2) is 0 Å². The Hall–Kier alpha value is -1.95. The molecular formula is C13H14BrN3O2. The molecule has 0 saturated carbocycles. The van der Waals surface area contributed by atoms with E-state index in [0.717, 1.165) is 15.9 Å². The predicted octanol–water partition coefficient (Wildman–Crippen LogP) is 3.19. The highest BCUT2D eigenvalue weighted by atomic mass is 79.9. The van der Waals surface area contributed by atoms with Crippen LogP contribution in [-0.2, 0) is 0 Å². The number of pyridine rings is 1. The summed E-state index contributed by atoms with van der Waals surface area (Å²) in [6, 6.07) is 9.19. The second kappa shape index (κ2) is 5.79. The van der Waals surface area contributed by atoms with E-state index in [1.807, 2.05) is 18.2 Å². The highest BCUT2D eigenvalue weighted by molar-refractivity contribution is 9.10. The van der Waals surface area contributed by atoms with Crippen LogP contribution in [0.25, 0.3) is 0 Å². The van der Waals surface area contributed by atoms with Gasteiger partial charge in [-0.2, -0.15) is 4.98 Å². The van der Waals surface area contributed by atoms with Crippen LogP contribution in [0.2, 0.25) is 0 Å². The Morgan fingerprint density at radius 2 is 1.95 bits per heavy atom. The van der Waals surface area contributed by atoms with Crippen molar-refractivity contribution in [2.75, 3.05) is 25.3 Å². The van der Waals surface area contributed by atoms with Gasteiger partial charge in [-0.15, -0.1) is 0 Å². The van der Waals surface area contributed by atoms with E-state index < -0.39 is 0 Å². The predicted molar refractivity (Wildman–Crippen MR) is 79.2 cm³/mol. The van der Waals surface area contributed by atoms with E-state index in [-0.39, 0.29) is 0 Å². The molecule has 1 aromatic heterocycles. The highest BCUT2D eigenvalue weighted by Crippen LogP contribution is 2.28. The molecule has 2 rings (SSSR count). The van der Waals surface area contributed by atoms with Crippen molar-refractivity contribution in [3.05, 3.63) is 34.8 Å². The van der Waals surface area contributed by atoms with Gasteiger partial charge in [-0.05, 0) is 24.3 Å². The SMILES string of the molecule is COc1cc(Br)cc(Nc2ccc(N)c(OC)n2)c1. The van der Waals surface area contributed by atoms with Crippen LogP contribution in [0.5, 0.6) is 11.6 Å². The first-order valence-electron chi connectivity index (χ1n) is 5.54. The first-order chi connectivity index (χ1) is 9.12. The van der Waals surface area contributed by atoms with Crippen LogP contribution in [0, 0.1) is 0 Å². The Bertz CT molecular complexity index is 590. The third-order valence-electron chi connectivity index (χ3n) is 2.46. The third-order valence-corrected chi connectivity index (χ3v) is 2.92. The van der Waals surface area contributed by atoms with Crippen molar-refractivity contribution in [2.45, 2.75) is 0 Å². The normalized spacial score (nSPS) is 10.1. The lowest BCUT2D eigenvalue weighted by Crippen LogP contribution is -1.99. The van der Waals surface area contributed by atoms with Crippen LogP contribution < -0.4 is 20.5 Å². The summed E-state index contributed by atoms with van der Waals surface area (Å²) < 4.78 is 11.2. The number of methoxy groups -OCH3 is 2. The summed E-state index contributed by atoms with van der Waals surface area (Å²) in [5.41, 5.74) is 7.07. The number of anilines is 3. The molecule has 0 aliphatic carbocycles. The van der Waals surface area contributed by atoms with Gasteiger partial charge in [0.2, 0.25) is 5.88 Å². The summed E-state index contributed by atoms with van der Waals surface area (Å²) in [4.78, 5) is 4.26. The molecular weight excluding hydrogens is 310 g/mol.